The molecule has 2 aromatic rings. The Morgan fingerprint density at radius 2 is 1.89 bits per heavy atom. The molecule has 0 aliphatic carbocycles. The van der Waals surface area contributed by atoms with E-state index in [1.807, 2.05) is 37.3 Å². The molecule has 0 atom stereocenters. The van der Waals surface area contributed by atoms with Gasteiger partial charge in [-0.05, 0) is 42.3 Å². The number of benzene rings is 2. The third kappa shape index (κ3) is 3.48. The molecule has 19 heavy (non-hydrogen) atoms. The van der Waals surface area contributed by atoms with Gasteiger partial charge in [0.05, 0.1) is 5.02 Å². The summed E-state index contributed by atoms with van der Waals surface area (Å²) in [5, 5.41) is 0.583. The summed E-state index contributed by atoms with van der Waals surface area (Å²) in [6.45, 7) is 2.37. The monoisotopic (exact) mass is 275 g/mol. The van der Waals surface area contributed by atoms with Gasteiger partial charge < -0.3 is 10.5 Å². The summed E-state index contributed by atoms with van der Waals surface area (Å²) in [7, 11) is 0. The van der Waals surface area contributed by atoms with E-state index in [9.17, 15) is 4.79 Å². The standard InChI is InChI=1S/C15H14ClNO2/c1-10-2-7-13(16)14(8-10)19-9-11-3-5-12(6-4-11)15(17)18/h2-8H,9H2,1H3,(H2,17,18). The van der Waals surface area contributed by atoms with E-state index in [4.69, 9.17) is 22.1 Å². The zero-order chi connectivity index (χ0) is 13.8. The Balaban J connectivity index is 2.06. The van der Waals surface area contributed by atoms with E-state index in [0.717, 1.165) is 11.1 Å². The van der Waals surface area contributed by atoms with Gasteiger partial charge in [-0.1, -0.05) is 29.8 Å². The lowest BCUT2D eigenvalue weighted by atomic mass is 10.1. The number of amides is 1. The Hall–Kier alpha value is -2.00. The van der Waals surface area contributed by atoms with Crippen LogP contribution in [0.1, 0.15) is 21.5 Å². The Kier molecular flexibility index (Phi) is 4.07. The van der Waals surface area contributed by atoms with Crippen LogP contribution in [0.4, 0.5) is 0 Å². The van der Waals surface area contributed by atoms with Gasteiger partial charge in [0.15, 0.2) is 0 Å². The Morgan fingerprint density at radius 3 is 2.53 bits per heavy atom. The lowest BCUT2D eigenvalue weighted by molar-refractivity contribution is 0.1000. The SMILES string of the molecule is Cc1ccc(Cl)c(OCc2ccc(C(N)=O)cc2)c1. The number of halogens is 1. The maximum atomic E-state index is 10.9. The second-order valence-electron chi connectivity index (χ2n) is 4.28. The highest BCUT2D eigenvalue weighted by Gasteiger charge is 2.03. The first kappa shape index (κ1) is 13.4. The number of nitrogens with two attached hydrogens (primary N) is 1. The van der Waals surface area contributed by atoms with Gasteiger partial charge in [0.25, 0.3) is 0 Å². The zero-order valence-corrected chi connectivity index (χ0v) is 11.3. The minimum absolute atomic E-state index is 0.391. The highest BCUT2D eigenvalue weighted by molar-refractivity contribution is 6.32. The highest BCUT2D eigenvalue weighted by Crippen LogP contribution is 2.26. The van der Waals surface area contributed by atoms with Crippen LogP contribution >= 0.6 is 11.6 Å². The lowest BCUT2D eigenvalue weighted by Crippen LogP contribution is -2.10. The van der Waals surface area contributed by atoms with Crippen molar-refractivity contribution in [2.75, 3.05) is 0 Å². The summed E-state index contributed by atoms with van der Waals surface area (Å²) in [4.78, 5) is 10.9. The number of aryl methyl sites for hydroxylation is 1. The Morgan fingerprint density at radius 1 is 1.21 bits per heavy atom. The summed E-state index contributed by atoms with van der Waals surface area (Å²) in [6.07, 6.45) is 0. The molecule has 0 aromatic heterocycles. The Bertz CT molecular complexity index is 594. The molecule has 98 valence electrons. The first-order valence-electron chi connectivity index (χ1n) is 5.84. The van der Waals surface area contributed by atoms with E-state index >= 15 is 0 Å². The molecule has 0 spiro atoms. The fourth-order valence-electron chi connectivity index (χ4n) is 1.65. The third-order valence-electron chi connectivity index (χ3n) is 2.72. The molecule has 0 unspecified atom stereocenters. The van der Waals surface area contributed by atoms with E-state index in [-0.39, 0.29) is 0 Å². The number of hydrogen-bond donors (Lipinski definition) is 1. The smallest absolute Gasteiger partial charge is 0.248 e. The van der Waals surface area contributed by atoms with E-state index in [0.29, 0.717) is 22.9 Å². The van der Waals surface area contributed by atoms with E-state index < -0.39 is 5.91 Å². The Labute approximate surface area is 117 Å². The second-order valence-corrected chi connectivity index (χ2v) is 4.69. The molecule has 1 amide bonds. The van der Waals surface area contributed by atoms with Gasteiger partial charge in [-0.3, -0.25) is 4.79 Å². The molecular weight excluding hydrogens is 262 g/mol. The largest absolute Gasteiger partial charge is 0.487 e. The van der Waals surface area contributed by atoms with Crippen LogP contribution in [0.15, 0.2) is 42.5 Å². The highest BCUT2D eigenvalue weighted by atomic mass is 35.5. The molecule has 4 heteroatoms. The first-order valence-corrected chi connectivity index (χ1v) is 6.22. The third-order valence-corrected chi connectivity index (χ3v) is 3.03. The van der Waals surface area contributed by atoms with Crippen molar-refractivity contribution >= 4 is 17.5 Å². The van der Waals surface area contributed by atoms with Crippen LogP contribution in [-0.2, 0) is 6.61 Å². The molecule has 0 saturated heterocycles. The summed E-state index contributed by atoms with van der Waals surface area (Å²) in [5.41, 5.74) is 7.69. The normalized spacial score (nSPS) is 10.2. The topological polar surface area (TPSA) is 52.3 Å². The van der Waals surface area contributed by atoms with Crippen molar-refractivity contribution in [3.63, 3.8) is 0 Å². The van der Waals surface area contributed by atoms with Crippen molar-refractivity contribution in [1.82, 2.24) is 0 Å². The quantitative estimate of drug-likeness (QED) is 0.930. The van der Waals surface area contributed by atoms with Gasteiger partial charge in [-0.15, -0.1) is 0 Å². The van der Waals surface area contributed by atoms with Gasteiger partial charge in [0.1, 0.15) is 12.4 Å². The van der Waals surface area contributed by atoms with Gasteiger partial charge in [-0.2, -0.15) is 0 Å². The van der Waals surface area contributed by atoms with Crippen molar-refractivity contribution < 1.29 is 9.53 Å². The number of primary amides is 1. The molecule has 2 rings (SSSR count). The number of rotatable bonds is 4. The summed E-state index contributed by atoms with van der Waals surface area (Å²) in [5.74, 6) is 0.217. The fraction of sp³-hybridized carbons (Fsp3) is 0.133. The van der Waals surface area contributed by atoms with Crippen molar-refractivity contribution in [2.24, 2.45) is 5.73 Å². The van der Waals surface area contributed by atoms with E-state index in [1.54, 1.807) is 12.1 Å². The summed E-state index contributed by atoms with van der Waals surface area (Å²) in [6, 6.07) is 12.6. The average molecular weight is 276 g/mol. The van der Waals surface area contributed by atoms with Gasteiger partial charge in [0, 0.05) is 5.56 Å². The van der Waals surface area contributed by atoms with Crippen LogP contribution in [0.25, 0.3) is 0 Å². The summed E-state index contributed by atoms with van der Waals surface area (Å²) < 4.78 is 5.66. The van der Waals surface area contributed by atoms with Crippen LogP contribution in [0.3, 0.4) is 0 Å². The van der Waals surface area contributed by atoms with Gasteiger partial charge >= 0.3 is 0 Å². The van der Waals surface area contributed by atoms with Crippen molar-refractivity contribution in [2.45, 2.75) is 13.5 Å². The molecule has 0 aliphatic heterocycles. The minimum Gasteiger partial charge on any atom is -0.487 e. The van der Waals surface area contributed by atoms with Crippen LogP contribution < -0.4 is 10.5 Å². The van der Waals surface area contributed by atoms with Crippen molar-refractivity contribution in [1.29, 1.82) is 0 Å². The second kappa shape index (κ2) is 5.76. The predicted octanol–water partition coefficient (Wildman–Crippen LogP) is 3.33. The van der Waals surface area contributed by atoms with Gasteiger partial charge in [0.2, 0.25) is 5.91 Å². The molecule has 0 radical (unpaired) electrons. The van der Waals surface area contributed by atoms with Crippen LogP contribution in [0.5, 0.6) is 5.75 Å². The van der Waals surface area contributed by atoms with Crippen LogP contribution in [-0.4, -0.2) is 5.91 Å². The molecule has 0 fully saturated rings. The fourth-order valence-corrected chi connectivity index (χ4v) is 1.82. The zero-order valence-electron chi connectivity index (χ0n) is 10.5. The van der Waals surface area contributed by atoms with E-state index in [1.165, 1.54) is 0 Å². The molecule has 0 bridgehead atoms. The van der Waals surface area contributed by atoms with Crippen molar-refractivity contribution in [3.05, 3.63) is 64.2 Å². The van der Waals surface area contributed by atoms with Gasteiger partial charge in [-0.25, -0.2) is 0 Å². The molecule has 3 nitrogen and oxygen atoms in total. The number of ether oxygens (including phenoxy) is 1. The molecule has 2 N–H and O–H groups in total. The average Bonchev–Trinajstić information content (AvgIpc) is 2.40. The number of carbonyl (C=O) groups is 1. The van der Waals surface area contributed by atoms with Crippen molar-refractivity contribution in [3.8, 4) is 5.75 Å². The predicted molar refractivity (Wildman–Crippen MR) is 75.5 cm³/mol. The molecule has 2 aromatic carbocycles. The molecule has 0 saturated carbocycles. The maximum Gasteiger partial charge on any atom is 0.248 e. The molecule has 0 heterocycles. The lowest BCUT2D eigenvalue weighted by Gasteiger charge is -2.09. The minimum atomic E-state index is -0.436. The van der Waals surface area contributed by atoms with Crippen LogP contribution in [0, 0.1) is 6.92 Å². The maximum absolute atomic E-state index is 10.9. The number of carbonyl (C=O) groups excluding carboxylic acids is 1. The first-order chi connectivity index (χ1) is 9.06. The van der Waals surface area contributed by atoms with Crippen LogP contribution in [0.2, 0.25) is 5.02 Å². The summed E-state index contributed by atoms with van der Waals surface area (Å²) >= 11 is 6.04. The van der Waals surface area contributed by atoms with E-state index in [2.05, 4.69) is 0 Å². The molecular formula is C15H14ClNO2. The molecule has 0 aliphatic rings. The number of hydrogen-bond acceptors (Lipinski definition) is 2.